The van der Waals surface area contributed by atoms with Gasteiger partial charge in [0.15, 0.2) is 17.3 Å². The second kappa shape index (κ2) is 6.22. The Hall–Kier alpha value is -2.58. The predicted molar refractivity (Wildman–Crippen MR) is 99.6 cm³/mol. The van der Waals surface area contributed by atoms with E-state index in [-0.39, 0.29) is 23.6 Å². The molecule has 28 heavy (non-hydrogen) atoms. The normalized spacial score (nSPS) is 24.1. The third-order valence-corrected chi connectivity index (χ3v) is 7.27. The number of nitrogens with zero attached hydrogens (tertiary/aromatic N) is 1. The molecule has 1 unspecified atom stereocenters. The van der Waals surface area contributed by atoms with Crippen LogP contribution in [-0.4, -0.2) is 50.4 Å². The first kappa shape index (κ1) is 17.5. The molecule has 1 spiro atoms. The summed E-state index contributed by atoms with van der Waals surface area (Å²) in [7, 11) is -3.74. The van der Waals surface area contributed by atoms with Crippen LogP contribution in [0.4, 0.5) is 0 Å². The van der Waals surface area contributed by atoms with Gasteiger partial charge in [-0.05, 0) is 24.3 Å². The minimum atomic E-state index is -3.74. The van der Waals surface area contributed by atoms with Crippen molar-refractivity contribution in [2.75, 3.05) is 26.3 Å². The first-order valence-electron chi connectivity index (χ1n) is 9.18. The van der Waals surface area contributed by atoms with Gasteiger partial charge in [-0.25, -0.2) is 8.42 Å². The second-order valence-corrected chi connectivity index (χ2v) is 9.21. The van der Waals surface area contributed by atoms with Gasteiger partial charge in [0.25, 0.3) is 0 Å². The number of fused-ring (bicyclic) bond motifs is 2. The number of carbonyl (C=O) groups is 1. The average Bonchev–Trinajstić information content (AvgIpc) is 3.11. The van der Waals surface area contributed by atoms with E-state index in [4.69, 9.17) is 14.2 Å². The highest BCUT2D eigenvalue weighted by atomic mass is 32.2. The summed E-state index contributed by atoms with van der Waals surface area (Å²) < 4.78 is 44.8. The lowest BCUT2D eigenvalue weighted by Gasteiger charge is -2.34. The average molecular weight is 401 g/mol. The van der Waals surface area contributed by atoms with Gasteiger partial charge in [-0.2, -0.15) is 4.31 Å². The van der Waals surface area contributed by atoms with Gasteiger partial charge in [-0.1, -0.05) is 12.1 Å². The van der Waals surface area contributed by atoms with Crippen LogP contribution in [0.3, 0.4) is 0 Å². The Morgan fingerprint density at radius 2 is 1.75 bits per heavy atom. The largest absolute Gasteiger partial charge is 0.486 e. The number of sulfonamides is 1. The molecule has 0 radical (unpaired) electrons. The van der Waals surface area contributed by atoms with Crippen LogP contribution in [-0.2, 0) is 10.0 Å². The zero-order chi connectivity index (χ0) is 19.4. The van der Waals surface area contributed by atoms with Crippen molar-refractivity contribution in [1.29, 1.82) is 0 Å². The molecule has 3 aliphatic rings. The molecule has 0 saturated carbocycles. The molecule has 5 rings (SSSR count). The van der Waals surface area contributed by atoms with Crippen molar-refractivity contribution in [2.45, 2.75) is 23.3 Å². The maximum absolute atomic E-state index is 13.2. The summed E-state index contributed by atoms with van der Waals surface area (Å²) in [6.45, 7) is 1.27. The summed E-state index contributed by atoms with van der Waals surface area (Å²) >= 11 is 0. The van der Waals surface area contributed by atoms with Gasteiger partial charge in [0.05, 0.1) is 23.4 Å². The van der Waals surface area contributed by atoms with Gasteiger partial charge in [-0.15, -0.1) is 0 Å². The van der Waals surface area contributed by atoms with Crippen molar-refractivity contribution < 1.29 is 27.4 Å². The number of hydrogen-bond donors (Lipinski definition) is 0. The Morgan fingerprint density at radius 3 is 2.61 bits per heavy atom. The molecule has 8 heteroatoms. The molecule has 0 N–H and O–H groups in total. The van der Waals surface area contributed by atoms with Gasteiger partial charge >= 0.3 is 0 Å². The summed E-state index contributed by atoms with van der Waals surface area (Å²) in [5, 5.41) is 0. The Bertz CT molecular complexity index is 1070. The van der Waals surface area contributed by atoms with E-state index >= 15 is 0 Å². The number of rotatable bonds is 2. The van der Waals surface area contributed by atoms with E-state index in [1.807, 2.05) is 6.07 Å². The predicted octanol–water partition coefficient (Wildman–Crippen LogP) is 2.26. The Kier molecular flexibility index (Phi) is 3.89. The fraction of sp³-hybridized carbons (Fsp3) is 0.350. The van der Waals surface area contributed by atoms with Crippen LogP contribution in [0, 0.1) is 0 Å². The molecule has 2 aromatic carbocycles. The molecule has 0 aliphatic carbocycles. The third kappa shape index (κ3) is 2.75. The maximum atomic E-state index is 13.2. The van der Waals surface area contributed by atoms with E-state index < -0.39 is 15.6 Å². The quantitative estimate of drug-likeness (QED) is 0.768. The van der Waals surface area contributed by atoms with Crippen LogP contribution < -0.4 is 14.2 Å². The first-order valence-corrected chi connectivity index (χ1v) is 10.6. The monoisotopic (exact) mass is 401 g/mol. The van der Waals surface area contributed by atoms with Crippen molar-refractivity contribution in [3.63, 3.8) is 0 Å². The molecule has 1 fully saturated rings. The number of ketones is 1. The topological polar surface area (TPSA) is 82.1 Å². The number of Topliss-reactive ketones (excluding diaryl/α,β-unsaturated/α-hetero) is 1. The lowest BCUT2D eigenvalue weighted by atomic mass is 9.89. The van der Waals surface area contributed by atoms with Crippen LogP contribution >= 0.6 is 0 Å². The number of carbonyl (C=O) groups excluding carboxylic acids is 1. The lowest BCUT2D eigenvalue weighted by Crippen LogP contribution is -2.45. The van der Waals surface area contributed by atoms with E-state index in [0.717, 1.165) is 0 Å². The van der Waals surface area contributed by atoms with E-state index in [2.05, 4.69) is 0 Å². The summed E-state index contributed by atoms with van der Waals surface area (Å²) in [5.41, 5.74) is -0.256. The number of ether oxygens (including phenoxy) is 3. The third-order valence-electron chi connectivity index (χ3n) is 5.43. The van der Waals surface area contributed by atoms with Gasteiger partial charge in [0.1, 0.15) is 24.6 Å². The highest BCUT2D eigenvalue weighted by Crippen LogP contribution is 2.41. The van der Waals surface area contributed by atoms with E-state index in [0.29, 0.717) is 49.0 Å². The molecule has 0 amide bonds. The fourth-order valence-electron chi connectivity index (χ4n) is 4.02. The van der Waals surface area contributed by atoms with Crippen LogP contribution in [0.1, 0.15) is 23.2 Å². The maximum Gasteiger partial charge on any atom is 0.243 e. The van der Waals surface area contributed by atoms with Crippen molar-refractivity contribution in [3.05, 3.63) is 48.0 Å². The van der Waals surface area contributed by atoms with Crippen LogP contribution in [0.2, 0.25) is 0 Å². The number of para-hydroxylation sites is 1. The van der Waals surface area contributed by atoms with Crippen LogP contribution in [0.15, 0.2) is 47.4 Å². The van der Waals surface area contributed by atoms with Gasteiger partial charge < -0.3 is 14.2 Å². The molecule has 3 heterocycles. The zero-order valence-corrected chi connectivity index (χ0v) is 15.9. The summed E-state index contributed by atoms with van der Waals surface area (Å²) in [4.78, 5) is 12.7. The van der Waals surface area contributed by atoms with E-state index in [1.54, 1.807) is 24.3 Å². The zero-order valence-electron chi connectivity index (χ0n) is 15.1. The van der Waals surface area contributed by atoms with Crippen molar-refractivity contribution in [3.8, 4) is 17.2 Å². The second-order valence-electron chi connectivity index (χ2n) is 7.28. The first-order chi connectivity index (χ1) is 13.5. The highest BCUT2D eigenvalue weighted by Gasteiger charge is 2.49. The minimum absolute atomic E-state index is 0.0135. The molecular formula is C20H19NO6S. The Labute approximate surface area is 162 Å². The highest BCUT2D eigenvalue weighted by molar-refractivity contribution is 7.89. The molecule has 3 aliphatic heterocycles. The van der Waals surface area contributed by atoms with Crippen molar-refractivity contribution in [2.24, 2.45) is 0 Å². The molecule has 1 saturated heterocycles. The smallest absolute Gasteiger partial charge is 0.243 e. The van der Waals surface area contributed by atoms with Crippen molar-refractivity contribution in [1.82, 2.24) is 4.31 Å². The lowest BCUT2D eigenvalue weighted by molar-refractivity contribution is 0.0498. The molecule has 0 aromatic heterocycles. The molecule has 0 bridgehead atoms. The fourth-order valence-corrected chi connectivity index (χ4v) is 5.55. The number of hydrogen-bond acceptors (Lipinski definition) is 6. The molecule has 2 aromatic rings. The summed E-state index contributed by atoms with van der Waals surface area (Å²) in [6, 6.07) is 11.7. The van der Waals surface area contributed by atoms with Crippen LogP contribution in [0.5, 0.6) is 17.2 Å². The SMILES string of the molecule is O=C1CC2(CCN(S(=O)(=O)c3ccc4c(c3)OCCO4)C2)Oc2ccccc21. The van der Waals surface area contributed by atoms with Gasteiger partial charge in [0, 0.05) is 19.0 Å². The van der Waals surface area contributed by atoms with E-state index in [1.165, 1.54) is 16.4 Å². The molecule has 7 nitrogen and oxygen atoms in total. The Morgan fingerprint density at radius 1 is 0.964 bits per heavy atom. The summed E-state index contributed by atoms with van der Waals surface area (Å²) in [6.07, 6.45) is 0.647. The van der Waals surface area contributed by atoms with E-state index in [9.17, 15) is 13.2 Å². The molecule has 1 atom stereocenters. The number of benzene rings is 2. The van der Waals surface area contributed by atoms with Gasteiger partial charge in [-0.3, -0.25) is 4.79 Å². The standard InChI is InChI=1S/C20H19NO6S/c22-16-12-20(27-17-4-2-1-3-15(16)17)7-8-21(13-20)28(23,24)14-5-6-18-19(11-14)26-10-9-25-18/h1-6,11H,7-10,12-13H2. The molecular weight excluding hydrogens is 382 g/mol. The van der Waals surface area contributed by atoms with Gasteiger partial charge in [0.2, 0.25) is 10.0 Å². The van der Waals surface area contributed by atoms with Crippen molar-refractivity contribution >= 4 is 15.8 Å². The minimum Gasteiger partial charge on any atom is -0.486 e. The molecule has 146 valence electrons. The summed E-state index contributed by atoms with van der Waals surface area (Å²) in [5.74, 6) is 1.48. The Balaban J connectivity index is 1.42. The van der Waals surface area contributed by atoms with Crippen LogP contribution in [0.25, 0.3) is 0 Å².